The highest BCUT2D eigenvalue weighted by molar-refractivity contribution is 7.99. The van der Waals surface area contributed by atoms with Gasteiger partial charge in [0.05, 0.1) is 17.7 Å². The fourth-order valence-corrected chi connectivity index (χ4v) is 2.74. The zero-order valence-corrected chi connectivity index (χ0v) is 12.2. The molecule has 1 heterocycles. The van der Waals surface area contributed by atoms with Crippen molar-refractivity contribution in [3.05, 3.63) is 33.2 Å². The molecule has 1 aromatic heterocycles. The molecule has 0 aliphatic heterocycles. The van der Waals surface area contributed by atoms with E-state index in [4.69, 9.17) is 22.1 Å². The maximum atomic E-state index is 11.8. The Balaban J connectivity index is 2.53. The standard InChI is InChI=1S/C11H11ClN4O3S/c1-16-10(18)14-15-11(16)20-8-6(9(17)19-2)3-5(13)4-7(8)12/h3-4H,13H2,1-2H3,(H,14,18). The number of aromatic amines is 1. The quantitative estimate of drug-likeness (QED) is 0.653. The molecule has 0 fully saturated rings. The van der Waals surface area contributed by atoms with Crippen molar-refractivity contribution in [3.63, 3.8) is 0 Å². The summed E-state index contributed by atoms with van der Waals surface area (Å²) in [5.41, 5.74) is 5.87. The molecular formula is C11H11ClN4O3S. The lowest BCUT2D eigenvalue weighted by atomic mass is 10.2. The molecule has 0 saturated carbocycles. The Labute approximate surface area is 123 Å². The maximum absolute atomic E-state index is 11.8. The third kappa shape index (κ3) is 2.66. The van der Waals surface area contributed by atoms with Gasteiger partial charge in [0, 0.05) is 17.6 Å². The summed E-state index contributed by atoms with van der Waals surface area (Å²) in [6, 6.07) is 2.98. The number of H-pyrrole nitrogens is 1. The summed E-state index contributed by atoms with van der Waals surface area (Å²) >= 11 is 7.18. The van der Waals surface area contributed by atoms with Gasteiger partial charge in [-0.15, -0.1) is 5.10 Å². The van der Waals surface area contributed by atoms with Gasteiger partial charge in [-0.25, -0.2) is 14.7 Å². The molecule has 7 nitrogen and oxygen atoms in total. The van der Waals surface area contributed by atoms with Crippen molar-refractivity contribution >= 4 is 35.0 Å². The number of hydrogen-bond donors (Lipinski definition) is 2. The number of carbonyl (C=O) groups excluding carboxylic acids is 1. The van der Waals surface area contributed by atoms with Crippen LogP contribution in [0.4, 0.5) is 5.69 Å². The second-order valence-electron chi connectivity index (χ2n) is 3.84. The van der Waals surface area contributed by atoms with Gasteiger partial charge in [-0.05, 0) is 23.9 Å². The number of aromatic nitrogens is 3. The molecular weight excluding hydrogens is 304 g/mol. The molecule has 0 aliphatic carbocycles. The summed E-state index contributed by atoms with van der Waals surface area (Å²) in [5.74, 6) is -0.567. The number of carbonyl (C=O) groups is 1. The number of anilines is 1. The number of nitrogens with one attached hydrogen (secondary N) is 1. The monoisotopic (exact) mass is 314 g/mol. The Bertz CT molecular complexity index is 725. The number of nitrogens with two attached hydrogens (primary N) is 1. The minimum absolute atomic E-state index is 0.220. The molecule has 3 N–H and O–H groups in total. The summed E-state index contributed by atoms with van der Waals surface area (Å²) in [4.78, 5) is 23.5. The number of esters is 1. The van der Waals surface area contributed by atoms with Crippen LogP contribution < -0.4 is 11.4 Å². The summed E-state index contributed by atoms with van der Waals surface area (Å²) in [6.45, 7) is 0. The van der Waals surface area contributed by atoms with Crippen LogP contribution >= 0.6 is 23.4 Å². The van der Waals surface area contributed by atoms with Gasteiger partial charge in [0.2, 0.25) is 0 Å². The number of rotatable bonds is 3. The Morgan fingerprint density at radius 3 is 2.80 bits per heavy atom. The van der Waals surface area contributed by atoms with E-state index in [1.54, 1.807) is 7.05 Å². The van der Waals surface area contributed by atoms with Crippen LogP contribution in [0.25, 0.3) is 0 Å². The molecule has 2 rings (SSSR count). The summed E-state index contributed by atoms with van der Waals surface area (Å²) in [5, 5.41) is 6.80. The molecule has 0 spiro atoms. The van der Waals surface area contributed by atoms with E-state index in [0.717, 1.165) is 11.8 Å². The number of benzene rings is 1. The van der Waals surface area contributed by atoms with Crippen molar-refractivity contribution in [3.8, 4) is 0 Å². The van der Waals surface area contributed by atoms with E-state index in [9.17, 15) is 9.59 Å². The first-order valence-corrected chi connectivity index (χ1v) is 6.60. The largest absolute Gasteiger partial charge is 0.465 e. The molecule has 20 heavy (non-hydrogen) atoms. The molecule has 1 aromatic carbocycles. The minimum atomic E-state index is -0.567. The predicted octanol–water partition coefficient (Wildman–Crippen LogP) is 1.28. The molecule has 0 saturated heterocycles. The normalized spacial score (nSPS) is 10.6. The van der Waals surface area contributed by atoms with Crippen molar-refractivity contribution in [2.24, 2.45) is 7.05 Å². The van der Waals surface area contributed by atoms with Gasteiger partial charge < -0.3 is 10.5 Å². The van der Waals surface area contributed by atoms with Gasteiger partial charge in [0.15, 0.2) is 5.16 Å². The number of halogens is 1. The van der Waals surface area contributed by atoms with Gasteiger partial charge in [0.1, 0.15) is 0 Å². The van der Waals surface area contributed by atoms with Crippen LogP contribution in [-0.2, 0) is 11.8 Å². The van der Waals surface area contributed by atoms with Gasteiger partial charge in [-0.3, -0.25) is 4.57 Å². The zero-order chi connectivity index (χ0) is 14.9. The summed E-state index contributed by atoms with van der Waals surface area (Å²) in [7, 11) is 2.81. The van der Waals surface area contributed by atoms with Gasteiger partial charge >= 0.3 is 11.7 Å². The van der Waals surface area contributed by atoms with Crippen LogP contribution in [0.2, 0.25) is 5.02 Å². The Hall–Kier alpha value is -1.93. The maximum Gasteiger partial charge on any atom is 0.343 e. The van der Waals surface area contributed by atoms with Gasteiger partial charge in [-0.2, -0.15) is 0 Å². The second-order valence-corrected chi connectivity index (χ2v) is 5.23. The zero-order valence-electron chi connectivity index (χ0n) is 10.6. The number of ether oxygens (including phenoxy) is 1. The van der Waals surface area contributed by atoms with E-state index in [1.807, 2.05) is 0 Å². The average Bonchev–Trinajstić information content (AvgIpc) is 2.72. The molecule has 0 bridgehead atoms. The SMILES string of the molecule is COC(=O)c1cc(N)cc(Cl)c1Sc1n[nH]c(=O)n1C. The fourth-order valence-electron chi connectivity index (χ4n) is 1.49. The van der Waals surface area contributed by atoms with Crippen molar-refractivity contribution in [1.82, 2.24) is 14.8 Å². The van der Waals surface area contributed by atoms with E-state index < -0.39 is 5.97 Å². The van der Waals surface area contributed by atoms with Crippen LogP contribution in [0.5, 0.6) is 0 Å². The topological polar surface area (TPSA) is 103 Å². The number of nitrogens with zero attached hydrogens (tertiary/aromatic N) is 2. The number of nitrogen functional groups attached to an aromatic ring is 1. The van der Waals surface area contributed by atoms with Crippen LogP contribution in [0.15, 0.2) is 27.0 Å². The van der Waals surface area contributed by atoms with E-state index in [1.165, 1.54) is 23.8 Å². The highest BCUT2D eigenvalue weighted by Gasteiger charge is 2.19. The highest BCUT2D eigenvalue weighted by Crippen LogP contribution is 2.36. The van der Waals surface area contributed by atoms with Crippen LogP contribution in [0.1, 0.15) is 10.4 Å². The lowest BCUT2D eigenvalue weighted by Crippen LogP contribution is -2.13. The molecule has 9 heteroatoms. The van der Waals surface area contributed by atoms with Crippen LogP contribution in [0.3, 0.4) is 0 Å². The first-order valence-electron chi connectivity index (χ1n) is 5.40. The highest BCUT2D eigenvalue weighted by atomic mass is 35.5. The second kappa shape index (κ2) is 5.59. The van der Waals surface area contributed by atoms with Crippen molar-refractivity contribution in [2.75, 3.05) is 12.8 Å². The third-order valence-electron chi connectivity index (χ3n) is 2.50. The minimum Gasteiger partial charge on any atom is -0.465 e. The predicted molar refractivity (Wildman–Crippen MR) is 75.2 cm³/mol. The fraction of sp³-hybridized carbons (Fsp3) is 0.182. The smallest absolute Gasteiger partial charge is 0.343 e. The van der Waals surface area contributed by atoms with Crippen LogP contribution in [0, 0.1) is 0 Å². The molecule has 0 unspecified atom stereocenters. The Kier molecular flexibility index (Phi) is 4.05. The molecule has 0 atom stereocenters. The Morgan fingerprint density at radius 2 is 2.25 bits per heavy atom. The van der Waals surface area contributed by atoms with Gasteiger partial charge in [-0.1, -0.05) is 11.6 Å². The summed E-state index contributed by atoms with van der Waals surface area (Å²) < 4.78 is 6.00. The first-order chi connectivity index (χ1) is 9.43. The van der Waals surface area contributed by atoms with Crippen molar-refractivity contribution < 1.29 is 9.53 Å². The summed E-state index contributed by atoms with van der Waals surface area (Å²) in [6.07, 6.45) is 0. The van der Waals surface area contributed by atoms with E-state index in [0.29, 0.717) is 15.7 Å². The van der Waals surface area contributed by atoms with Crippen molar-refractivity contribution in [1.29, 1.82) is 0 Å². The lowest BCUT2D eigenvalue weighted by Gasteiger charge is -2.10. The molecule has 0 amide bonds. The first kappa shape index (κ1) is 14.5. The van der Waals surface area contributed by atoms with Crippen molar-refractivity contribution in [2.45, 2.75) is 10.1 Å². The molecule has 0 radical (unpaired) electrons. The number of methoxy groups -OCH3 is 1. The van der Waals surface area contributed by atoms with E-state index in [2.05, 4.69) is 10.2 Å². The molecule has 2 aromatic rings. The van der Waals surface area contributed by atoms with E-state index in [-0.39, 0.29) is 16.3 Å². The van der Waals surface area contributed by atoms with Crippen LogP contribution in [-0.4, -0.2) is 27.8 Å². The lowest BCUT2D eigenvalue weighted by molar-refractivity contribution is 0.0597. The molecule has 0 aliphatic rings. The average molecular weight is 315 g/mol. The Morgan fingerprint density at radius 1 is 1.55 bits per heavy atom. The van der Waals surface area contributed by atoms with Gasteiger partial charge in [0.25, 0.3) is 0 Å². The number of hydrogen-bond acceptors (Lipinski definition) is 6. The third-order valence-corrected chi connectivity index (χ3v) is 4.11. The van der Waals surface area contributed by atoms with E-state index >= 15 is 0 Å². The molecule has 106 valence electrons.